The van der Waals surface area contributed by atoms with Gasteiger partial charge in [0.25, 0.3) is 0 Å². The number of hydrogen-bond donors (Lipinski definition) is 0. The molecule has 1 heteroatoms. The van der Waals surface area contributed by atoms with Crippen LogP contribution in [-0.4, -0.2) is 5.78 Å². The maximum atomic E-state index is 10.9. The summed E-state index contributed by atoms with van der Waals surface area (Å²) in [5.41, 5.74) is 0.797. The molecule has 0 unspecified atom stereocenters. The molecule has 0 saturated heterocycles. The van der Waals surface area contributed by atoms with Gasteiger partial charge in [0.2, 0.25) is 0 Å². The van der Waals surface area contributed by atoms with Gasteiger partial charge in [-0.25, -0.2) is 0 Å². The van der Waals surface area contributed by atoms with Gasteiger partial charge in [-0.2, -0.15) is 0 Å². The Morgan fingerprint density at radius 3 is 2.40 bits per heavy atom. The summed E-state index contributed by atoms with van der Waals surface area (Å²) in [4.78, 5) is 10.9. The van der Waals surface area contributed by atoms with Crippen molar-refractivity contribution in [1.29, 1.82) is 0 Å². The lowest BCUT2D eigenvalue weighted by Crippen LogP contribution is -1.90. The van der Waals surface area contributed by atoms with Crippen LogP contribution < -0.4 is 0 Å². The average Bonchev–Trinajstić information content (AvgIpc) is 2.03. The van der Waals surface area contributed by atoms with Gasteiger partial charge in [0.15, 0.2) is 5.78 Å². The van der Waals surface area contributed by atoms with E-state index in [0.717, 1.165) is 0 Å². The van der Waals surface area contributed by atoms with Crippen molar-refractivity contribution in [1.82, 2.24) is 0 Å². The van der Waals surface area contributed by atoms with E-state index in [4.69, 9.17) is 4.11 Å². The van der Waals surface area contributed by atoms with Gasteiger partial charge >= 0.3 is 0 Å². The fraction of sp³-hybridized carbons (Fsp3) is 0.222. The molecule has 0 fully saturated rings. The van der Waals surface area contributed by atoms with Gasteiger partial charge in [-0.15, -0.1) is 0 Å². The van der Waals surface area contributed by atoms with Crippen LogP contribution in [-0.2, 0) is 0 Å². The molecule has 0 amide bonds. The molecule has 0 N–H and O–H groups in total. The zero-order valence-corrected chi connectivity index (χ0v) is 5.72. The van der Waals surface area contributed by atoms with Gasteiger partial charge in [-0.3, -0.25) is 4.79 Å². The Kier molecular flexibility index (Phi) is 1.04. The molecule has 0 bridgehead atoms. The molecule has 0 heterocycles. The Hall–Kier alpha value is -1.11. The second-order valence-corrected chi connectivity index (χ2v) is 2.13. The molecule has 10 heavy (non-hydrogen) atoms. The van der Waals surface area contributed by atoms with Crippen LogP contribution in [0.25, 0.3) is 0 Å². The number of ketones is 1. The fourth-order valence-corrected chi connectivity index (χ4v) is 0.705. The van der Waals surface area contributed by atoms with Crippen molar-refractivity contribution in [3.63, 3.8) is 0 Å². The minimum Gasteiger partial charge on any atom is -0.295 e. The maximum absolute atomic E-state index is 10.9. The summed E-state index contributed by atoms with van der Waals surface area (Å²) in [5, 5.41) is 0. The van der Waals surface area contributed by atoms with E-state index in [1.54, 1.807) is 0 Å². The highest BCUT2D eigenvalue weighted by Gasteiger charge is 1.95. The standard InChI is InChI=1S/C9H10O/c1-7-3-5-9(6-4-7)8(2)10/h3-6H,1-2H3/i1D3. The summed E-state index contributed by atoms with van der Waals surface area (Å²) in [6.07, 6.45) is 0. The number of aryl methyl sites for hydroxylation is 1. The predicted octanol–water partition coefficient (Wildman–Crippen LogP) is 2.20. The van der Waals surface area contributed by atoms with Gasteiger partial charge in [-0.05, 0) is 13.8 Å². The minimum absolute atomic E-state index is 0.0582. The summed E-state index contributed by atoms with van der Waals surface area (Å²) in [6, 6.07) is 5.99. The number of rotatable bonds is 1. The Morgan fingerprint density at radius 1 is 1.40 bits per heavy atom. The predicted molar refractivity (Wildman–Crippen MR) is 41.2 cm³/mol. The van der Waals surface area contributed by atoms with E-state index in [1.165, 1.54) is 31.2 Å². The third-order valence-corrected chi connectivity index (χ3v) is 1.29. The van der Waals surface area contributed by atoms with Crippen LogP contribution in [0.4, 0.5) is 0 Å². The third-order valence-electron chi connectivity index (χ3n) is 1.29. The first-order chi connectivity index (χ1) is 5.91. The molecule has 0 aliphatic heterocycles. The van der Waals surface area contributed by atoms with Crippen molar-refractivity contribution >= 4 is 5.78 Å². The highest BCUT2D eigenvalue weighted by molar-refractivity contribution is 5.93. The van der Waals surface area contributed by atoms with Crippen LogP contribution in [0, 0.1) is 6.85 Å². The van der Waals surface area contributed by atoms with E-state index in [-0.39, 0.29) is 11.3 Å². The van der Waals surface area contributed by atoms with E-state index in [9.17, 15) is 4.79 Å². The summed E-state index contributed by atoms with van der Waals surface area (Å²) in [5.74, 6) is -0.0582. The number of benzene rings is 1. The van der Waals surface area contributed by atoms with Crippen molar-refractivity contribution < 1.29 is 8.91 Å². The van der Waals surface area contributed by atoms with Crippen molar-refractivity contribution in [2.75, 3.05) is 0 Å². The Bertz CT molecular complexity index is 311. The number of carbonyl (C=O) groups excluding carboxylic acids is 1. The van der Waals surface area contributed by atoms with Crippen LogP contribution in [0.1, 0.15) is 27.0 Å². The van der Waals surface area contributed by atoms with Crippen molar-refractivity contribution in [2.24, 2.45) is 0 Å². The molecule has 0 atom stereocenters. The summed E-state index contributed by atoms with van der Waals surface area (Å²) >= 11 is 0. The third kappa shape index (κ3) is 1.44. The largest absolute Gasteiger partial charge is 0.295 e. The molecule has 0 saturated carbocycles. The van der Waals surface area contributed by atoms with Gasteiger partial charge in [0.05, 0.1) is 0 Å². The molecule has 52 valence electrons. The molecule has 0 aromatic heterocycles. The monoisotopic (exact) mass is 137 g/mol. The van der Waals surface area contributed by atoms with E-state index in [1.807, 2.05) is 0 Å². The average molecular weight is 137 g/mol. The quantitative estimate of drug-likeness (QED) is 0.542. The van der Waals surface area contributed by atoms with Crippen LogP contribution in [0.3, 0.4) is 0 Å². The highest BCUT2D eigenvalue weighted by atomic mass is 16.1. The van der Waals surface area contributed by atoms with E-state index < -0.39 is 6.85 Å². The normalized spacial score (nSPS) is 15.1. The Balaban J connectivity index is 3.01. The molecule has 1 aromatic rings. The zero-order chi connectivity index (χ0) is 10.1. The first kappa shape index (κ1) is 3.91. The summed E-state index contributed by atoms with van der Waals surface area (Å²) in [6.45, 7) is -0.639. The smallest absolute Gasteiger partial charge is 0.159 e. The fourth-order valence-electron chi connectivity index (χ4n) is 0.705. The van der Waals surface area contributed by atoms with Crippen LogP contribution in [0.15, 0.2) is 24.3 Å². The highest BCUT2D eigenvalue weighted by Crippen LogP contribution is 2.02. The Morgan fingerprint density at radius 2 is 2.00 bits per heavy atom. The molecule has 0 radical (unpaired) electrons. The van der Waals surface area contributed by atoms with E-state index in [0.29, 0.717) is 5.56 Å². The minimum atomic E-state index is -2.09. The van der Waals surface area contributed by atoms with Crippen molar-refractivity contribution in [2.45, 2.75) is 13.8 Å². The van der Waals surface area contributed by atoms with Gasteiger partial charge < -0.3 is 0 Å². The lowest BCUT2D eigenvalue weighted by atomic mass is 10.1. The van der Waals surface area contributed by atoms with Crippen LogP contribution in [0.2, 0.25) is 0 Å². The molecule has 0 aliphatic carbocycles. The van der Waals surface area contributed by atoms with E-state index >= 15 is 0 Å². The molecule has 1 aromatic carbocycles. The second kappa shape index (κ2) is 2.65. The van der Waals surface area contributed by atoms with Gasteiger partial charge in [0, 0.05) is 9.68 Å². The van der Waals surface area contributed by atoms with Crippen LogP contribution >= 0.6 is 0 Å². The zero-order valence-electron chi connectivity index (χ0n) is 8.72. The number of carbonyl (C=O) groups is 1. The SMILES string of the molecule is [2H]C([2H])([2H])c1ccc(C(C)=O)cc1. The summed E-state index contributed by atoms with van der Waals surface area (Å²) < 4.78 is 21.3. The van der Waals surface area contributed by atoms with Gasteiger partial charge in [-0.1, -0.05) is 29.8 Å². The lowest BCUT2D eigenvalue weighted by molar-refractivity contribution is 0.101. The maximum Gasteiger partial charge on any atom is 0.159 e. The number of Topliss-reactive ketones (excluding diaryl/α,β-unsaturated/α-hetero) is 1. The Labute approximate surface area is 64.9 Å². The van der Waals surface area contributed by atoms with Crippen LogP contribution in [0.5, 0.6) is 0 Å². The second-order valence-electron chi connectivity index (χ2n) is 2.13. The molecule has 1 rings (SSSR count). The lowest BCUT2D eigenvalue weighted by Gasteiger charge is -1.93. The summed E-state index contributed by atoms with van der Waals surface area (Å²) in [7, 11) is 0. The molecule has 0 spiro atoms. The molecular weight excluding hydrogens is 124 g/mol. The molecule has 0 aliphatic rings. The topological polar surface area (TPSA) is 17.1 Å². The molecular formula is C9H10O. The number of hydrogen-bond acceptors (Lipinski definition) is 1. The van der Waals surface area contributed by atoms with E-state index in [2.05, 4.69) is 0 Å². The van der Waals surface area contributed by atoms with Gasteiger partial charge in [0.1, 0.15) is 0 Å². The van der Waals surface area contributed by atoms with Crippen molar-refractivity contribution in [3.8, 4) is 0 Å². The first-order valence-corrected chi connectivity index (χ1v) is 3.03. The van der Waals surface area contributed by atoms with Crippen molar-refractivity contribution in [3.05, 3.63) is 35.4 Å². The molecule has 1 nitrogen and oxygen atoms in total. The first-order valence-electron chi connectivity index (χ1n) is 4.53.